The van der Waals surface area contributed by atoms with Gasteiger partial charge in [-0.2, -0.15) is 5.10 Å². The second-order valence-corrected chi connectivity index (χ2v) is 5.63. The first-order valence-electron chi connectivity index (χ1n) is 7.24. The van der Waals surface area contributed by atoms with Crippen LogP contribution < -0.4 is 5.32 Å². The number of benzene rings is 1. The Bertz CT molecular complexity index is 737. The molecule has 1 amide bonds. The highest BCUT2D eigenvalue weighted by atomic mass is 32.1. The van der Waals surface area contributed by atoms with Gasteiger partial charge in [0.15, 0.2) is 10.9 Å². The predicted molar refractivity (Wildman–Crippen MR) is 83.9 cm³/mol. The van der Waals surface area contributed by atoms with Crippen LogP contribution in [0.15, 0.2) is 24.3 Å². The second kappa shape index (κ2) is 6.41. The molecule has 1 aromatic carbocycles. The zero-order chi connectivity index (χ0) is 15.5. The van der Waals surface area contributed by atoms with Crippen molar-refractivity contribution in [2.24, 2.45) is 7.05 Å². The summed E-state index contributed by atoms with van der Waals surface area (Å²) in [5.41, 5.74) is 2.15. The standard InChI is InChI=1S/C15H18N4O2S/c1-19-12(17-18-15(19)22)6-8-16-14(20)13-11-5-3-2-4-10(11)7-9-21-13/h2-5,13H,6-9H2,1H3,(H,16,20)(H,18,22)/t13-/m0/s1. The van der Waals surface area contributed by atoms with Gasteiger partial charge in [-0.05, 0) is 29.8 Å². The quantitative estimate of drug-likeness (QED) is 0.837. The molecule has 2 heterocycles. The Morgan fingerprint density at radius 2 is 2.36 bits per heavy atom. The first kappa shape index (κ1) is 14.9. The van der Waals surface area contributed by atoms with E-state index >= 15 is 0 Å². The number of rotatable bonds is 4. The Morgan fingerprint density at radius 1 is 1.55 bits per heavy atom. The summed E-state index contributed by atoms with van der Waals surface area (Å²) in [5, 5.41) is 9.77. The number of hydrogen-bond donors (Lipinski definition) is 2. The third-order valence-electron chi connectivity index (χ3n) is 3.85. The van der Waals surface area contributed by atoms with Crippen LogP contribution in [0.2, 0.25) is 0 Å². The number of aromatic amines is 1. The molecule has 2 aromatic rings. The SMILES string of the molecule is Cn1c(CCNC(=O)[C@H]2OCCc3ccccc32)n[nH]c1=S. The normalized spacial score (nSPS) is 17.0. The molecule has 0 saturated carbocycles. The summed E-state index contributed by atoms with van der Waals surface area (Å²) in [6.07, 6.45) is 0.946. The van der Waals surface area contributed by atoms with Crippen LogP contribution in [0.5, 0.6) is 0 Å². The molecule has 0 bridgehead atoms. The van der Waals surface area contributed by atoms with Gasteiger partial charge < -0.3 is 14.6 Å². The van der Waals surface area contributed by atoms with Crippen LogP contribution >= 0.6 is 12.2 Å². The summed E-state index contributed by atoms with van der Waals surface area (Å²) in [6, 6.07) is 7.93. The lowest BCUT2D eigenvalue weighted by molar-refractivity contribution is -0.134. The summed E-state index contributed by atoms with van der Waals surface area (Å²) in [7, 11) is 1.85. The van der Waals surface area contributed by atoms with E-state index < -0.39 is 6.10 Å². The molecule has 0 saturated heterocycles. The maximum absolute atomic E-state index is 12.3. The Kier molecular flexibility index (Phi) is 4.35. The topological polar surface area (TPSA) is 71.9 Å². The number of carbonyl (C=O) groups excluding carboxylic acids is 1. The fraction of sp³-hybridized carbons (Fsp3) is 0.400. The summed E-state index contributed by atoms with van der Waals surface area (Å²) in [6.45, 7) is 1.07. The van der Waals surface area contributed by atoms with Crippen molar-refractivity contribution in [3.63, 3.8) is 0 Å². The first-order valence-corrected chi connectivity index (χ1v) is 7.65. The van der Waals surface area contributed by atoms with Crippen molar-refractivity contribution in [2.45, 2.75) is 18.9 Å². The van der Waals surface area contributed by atoms with Crippen LogP contribution in [-0.4, -0.2) is 33.8 Å². The molecule has 116 valence electrons. The molecule has 7 heteroatoms. The minimum Gasteiger partial charge on any atom is -0.363 e. The van der Waals surface area contributed by atoms with Crippen LogP contribution in [0.3, 0.4) is 0 Å². The molecule has 1 aromatic heterocycles. The Morgan fingerprint density at radius 3 is 3.14 bits per heavy atom. The van der Waals surface area contributed by atoms with E-state index in [0.717, 1.165) is 17.8 Å². The molecule has 1 aliphatic heterocycles. The average Bonchev–Trinajstić information content (AvgIpc) is 2.86. The summed E-state index contributed by atoms with van der Waals surface area (Å²) in [4.78, 5) is 12.3. The number of nitrogens with one attached hydrogen (secondary N) is 2. The van der Waals surface area contributed by atoms with E-state index in [1.165, 1.54) is 5.56 Å². The smallest absolute Gasteiger partial charge is 0.253 e. The number of nitrogens with zero attached hydrogens (tertiary/aromatic N) is 2. The average molecular weight is 318 g/mol. The maximum atomic E-state index is 12.3. The molecule has 0 aliphatic carbocycles. The van der Waals surface area contributed by atoms with Gasteiger partial charge in [0.05, 0.1) is 6.61 Å². The van der Waals surface area contributed by atoms with Gasteiger partial charge in [0.25, 0.3) is 5.91 Å². The molecule has 0 spiro atoms. The van der Waals surface area contributed by atoms with Gasteiger partial charge in [0.1, 0.15) is 5.82 Å². The highest BCUT2D eigenvalue weighted by Crippen LogP contribution is 2.26. The van der Waals surface area contributed by atoms with E-state index in [4.69, 9.17) is 17.0 Å². The summed E-state index contributed by atoms with van der Waals surface area (Å²) in [5.74, 6) is 0.708. The third kappa shape index (κ3) is 2.95. The third-order valence-corrected chi connectivity index (χ3v) is 4.22. The van der Waals surface area contributed by atoms with E-state index in [2.05, 4.69) is 15.5 Å². The van der Waals surface area contributed by atoms with E-state index in [1.807, 2.05) is 31.3 Å². The molecule has 0 fully saturated rings. The van der Waals surface area contributed by atoms with Crippen molar-refractivity contribution >= 4 is 18.1 Å². The van der Waals surface area contributed by atoms with E-state index in [-0.39, 0.29) is 5.91 Å². The van der Waals surface area contributed by atoms with Crippen molar-refractivity contribution in [1.82, 2.24) is 20.1 Å². The van der Waals surface area contributed by atoms with Crippen molar-refractivity contribution in [3.05, 3.63) is 46.0 Å². The summed E-state index contributed by atoms with van der Waals surface area (Å²) >= 11 is 5.06. The molecule has 1 atom stereocenters. The Balaban J connectivity index is 1.61. The molecule has 0 unspecified atom stereocenters. The van der Waals surface area contributed by atoms with E-state index in [1.54, 1.807) is 4.57 Å². The molecular weight excluding hydrogens is 300 g/mol. The molecule has 3 rings (SSSR count). The van der Waals surface area contributed by atoms with Crippen molar-refractivity contribution < 1.29 is 9.53 Å². The molecular formula is C15H18N4O2S. The minimum atomic E-state index is -0.521. The number of hydrogen-bond acceptors (Lipinski definition) is 4. The van der Waals surface area contributed by atoms with Crippen LogP contribution in [0.4, 0.5) is 0 Å². The van der Waals surface area contributed by atoms with E-state index in [0.29, 0.717) is 24.3 Å². The number of carbonyl (C=O) groups is 1. The minimum absolute atomic E-state index is 0.107. The highest BCUT2D eigenvalue weighted by molar-refractivity contribution is 7.71. The van der Waals surface area contributed by atoms with Crippen molar-refractivity contribution in [2.75, 3.05) is 13.2 Å². The Labute approximate surface area is 133 Å². The van der Waals surface area contributed by atoms with Gasteiger partial charge >= 0.3 is 0 Å². The zero-order valence-electron chi connectivity index (χ0n) is 12.3. The molecule has 2 N–H and O–H groups in total. The maximum Gasteiger partial charge on any atom is 0.253 e. The van der Waals surface area contributed by atoms with Crippen LogP contribution in [-0.2, 0) is 29.4 Å². The predicted octanol–water partition coefficient (Wildman–Crippen LogP) is 1.45. The number of ether oxygens (including phenoxy) is 1. The largest absolute Gasteiger partial charge is 0.363 e. The van der Waals surface area contributed by atoms with Crippen molar-refractivity contribution in [3.8, 4) is 0 Å². The lowest BCUT2D eigenvalue weighted by Crippen LogP contribution is -2.35. The fourth-order valence-electron chi connectivity index (χ4n) is 2.60. The monoisotopic (exact) mass is 318 g/mol. The molecule has 6 nitrogen and oxygen atoms in total. The van der Waals surface area contributed by atoms with Crippen molar-refractivity contribution in [1.29, 1.82) is 0 Å². The van der Waals surface area contributed by atoms with Gasteiger partial charge in [-0.15, -0.1) is 0 Å². The lowest BCUT2D eigenvalue weighted by Gasteiger charge is -2.25. The molecule has 1 aliphatic rings. The van der Waals surface area contributed by atoms with Gasteiger partial charge in [-0.3, -0.25) is 9.89 Å². The van der Waals surface area contributed by atoms with Gasteiger partial charge in [0, 0.05) is 20.0 Å². The van der Waals surface area contributed by atoms with Crippen LogP contribution in [0, 0.1) is 4.77 Å². The first-order chi connectivity index (χ1) is 10.7. The Hall–Kier alpha value is -1.99. The number of fused-ring (bicyclic) bond motifs is 1. The molecule has 0 radical (unpaired) electrons. The second-order valence-electron chi connectivity index (χ2n) is 5.24. The zero-order valence-corrected chi connectivity index (χ0v) is 13.2. The number of amides is 1. The van der Waals surface area contributed by atoms with Crippen LogP contribution in [0.25, 0.3) is 0 Å². The van der Waals surface area contributed by atoms with Gasteiger partial charge in [-0.1, -0.05) is 24.3 Å². The summed E-state index contributed by atoms with van der Waals surface area (Å²) < 4.78 is 8.02. The lowest BCUT2D eigenvalue weighted by atomic mass is 9.97. The number of aromatic nitrogens is 3. The number of H-pyrrole nitrogens is 1. The van der Waals surface area contributed by atoms with E-state index in [9.17, 15) is 4.79 Å². The highest BCUT2D eigenvalue weighted by Gasteiger charge is 2.26. The van der Waals surface area contributed by atoms with Gasteiger partial charge in [-0.25, -0.2) is 0 Å². The van der Waals surface area contributed by atoms with Crippen LogP contribution in [0.1, 0.15) is 23.1 Å². The fourth-order valence-corrected chi connectivity index (χ4v) is 2.76. The molecule has 22 heavy (non-hydrogen) atoms. The van der Waals surface area contributed by atoms with Gasteiger partial charge in [0.2, 0.25) is 0 Å².